The molecule has 1 atom stereocenters. The van der Waals surface area contributed by atoms with E-state index in [0.29, 0.717) is 12.0 Å². The number of hydrogen-bond donors (Lipinski definition) is 1. The van der Waals surface area contributed by atoms with Crippen molar-refractivity contribution in [1.82, 2.24) is 10.2 Å². The maximum absolute atomic E-state index is 3.52. The van der Waals surface area contributed by atoms with Crippen LogP contribution in [0.1, 0.15) is 26.3 Å². The molecule has 1 N–H and O–H groups in total. The highest BCUT2D eigenvalue weighted by Crippen LogP contribution is 2.13. The zero-order valence-electron chi connectivity index (χ0n) is 11.9. The van der Waals surface area contributed by atoms with E-state index in [1.807, 2.05) is 0 Å². The summed E-state index contributed by atoms with van der Waals surface area (Å²) in [5.41, 5.74) is 1.36. The molecule has 3 heteroatoms. The normalized spacial score (nSPS) is 13.3. The van der Waals surface area contributed by atoms with Gasteiger partial charge >= 0.3 is 0 Å². The maximum Gasteiger partial charge on any atom is 0.0231 e. The zero-order chi connectivity index (χ0) is 13.5. The van der Waals surface area contributed by atoms with Crippen LogP contribution < -0.4 is 5.32 Å². The first-order valence-corrected chi connectivity index (χ1v) is 7.43. The Balaban J connectivity index is 2.34. The van der Waals surface area contributed by atoms with Crippen LogP contribution in [0.3, 0.4) is 0 Å². The van der Waals surface area contributed by atoms with Gasteiger partial charge in [0.05, 0.1) is 0 Å². The third-order valence-corrected chi connectivity index (χ3v) is 3.33. The summed E-state index contributed by atoms with van der Waals surface area (Å²) in [5.74, 6) is 0.671. The van der Waals surface area contributed by atoms with Crippen molar-refractivity contribution in [3.63, 3.8) is 0 Å². The Morgan fingerprint density at radius 1 is 1.28 bits per heavy atom. The molecule has 102 valence electrons. The fourth-order valence-electron chi connectivity index (χ4n) is 2.05. The van der Waals surface area contributed by atoms with Gasteiger partial charge < -0.3 is 10.2 Å². The van der Waals surface area contributed by atoms with Gasteiger partial charge in [-0.1, -0.05) is 48.8 Å². The van der Waals surface area contributed by atoms with E-state index < -0.39 is 0 Å². The number of hydrogen-bond acceptors (Lipinski definition) is 2. The van der Waals surface area contributed by atoms with Gasteiger partial charge in [-0.3, -0.25) is 0 Å². The van der Waals surface area contributed by atoms with Crippen molar-refractivity contribution in [2.24, 2.45) is 5.92 Å². The average Bonchev–Trinajstić information content (AvgIpc) is 2.26. The molecule has 0 aliphatic rings. The summed E-state index contributed by atoms with van der Waals surface area (Å²) >= 11 is 3.52. The van der Waals surface area contributed by atoms with Crippen LogP contribution in [0.15, 0.2) is 28.7 Å². The number of nitrogens with zero attached hydrogens (tertiary/aromatic N) is 1. The van der Waals surface area contributed by atoms with E-state index in [1.165, 1.54) is 5.56 Å². The van der Waals surface area contributed by atoms with Gasteiger partial charge in [0.2, 0.25) is 0 Å². The smallest absolute Gasteiger partial charge is 0.0231 e. The molecule has 1 aromatic carbocycles. The molecular formula is C15H25BrN2. The molecule has 0 bridgehead atoms. The molecule has 0 aliphatic heterocycles. The lowest BCUT2D eigenvalue weighted by atomic mass is 10.1. The lowest BCUT2D eigenvalue weighted by molar-refractivity contribution is 0.271. The van der Waals surface area contributed by atoms with Gasteiger partial charge in [0.15, 0.2) is 0 Å². The molecule has 1 rings (SSSR count). The summed E-state index contributed by atoms with van der Waals surface area (Å²) in [6.45, 7) is 9.89. The van der Waals surface area contributed by atoms with Crippen molar-refractivity contribution in [2.75, 3.05) is 20.1 Å². The predicted octanol–water partition coefficient (Wildman–Crippen LogP) is 3.52. The Labute approximate surface area is 120 Å². The molecule has 1 aromatic rings. The molecule has 1 unspecified atom stereocenters. The standard InChI is InChI=1S/C15H25BrN2/c1-12(2)17-9-13(3)10-18(4)11-14-6-5-7-15(16)8-14/h5-8,12-13,17H,9-11H2,1-4H3. The summed E-state index contributed by atoms with van der Waals surface area (Å²) in [4.78, 5) is 2.38. The second-order valence-electron chi connectivity index (χ2n) is 5.49. The van der Waals surface area contributed by atoms with E-state index in [0.717, 1.165) is 24.1 Å². The van der Waals surface area contributed by atoms with Gasteiger partial charge in [-0.15, -0.1) is 0 Å². The van der Waals surface area contributed by atoms with E-state index in [2.05, 4.69) is 78.2 Å². The molecule has 0 aromatic heterocycles. The lowest BCUT2D eigenvalue weighted by Crippen LogP contribution is -2.33. The molecule has 0 spiro atoms. The van der Waals surface area contributed by atoms with Gasteiger partial charge in [0.25, 0.3) is 0 Å². The van der Waals surface area contributed by atoms with E-state index in [-0.39, 0.29) is 0 Å². The Morgan fingerprint density at radius 3 is 2.61 bits per heavy atom. The molecule has 0 fully saturated rings. The summed E-state index contributed by atoms with van der Waals surface area (Å²) in [6, 6.07) is 9.10. The molecule has 2 nitrogen and oxygen atoms in total. The summed E-state index contributed by atoms with van der Waals surface area (Å²) in [7, 11) is 2.19. The Morgan fingerprint density at radius 2 is 2.00 bits per heavy atom. The van der Waals surface area contributed by atoms with Crippen LogP contribution in [0.5, 0.6) is 0 Å². The minimum Gasteiger partial charge on any atom is -0.314 e. The van der Waals surface area contributed by atoms with Crippen molar-refractivity contribution in [3.8, 4) is 0 Å². The Hall–Kier alpha value is -0.380. The van der Waals surface area contributed by atoms with Crippen molar-refractivity contribution >= 4 is 15.9 Å². The number of nitrogens with one attached hydrogen (secondary N) is 1. The largest absolute Gasteiger partial charge is 0.314 e. The summed E-state index contributed by atoms with van der Waals surface area (Å²) in [6.07, 6.45) is 0. The fourth-order valence-corrected chi connectivity index (χ4v) is 2.49. The van der Waals surface area contributed by atoms with E-state index in [1.54, 1.807) is 0 Å². The van der Waals surface area contributed by atoms with Crippen molar-refractivity contribution in [3.05, 3.63) is 34.3 Å². The Bertz CT molecular complexity index is 352. The predicted molar refractivity (Wildman–Crippen MR) is 82.8 cm³/mol. The molecule has 0 saturated heterocycles. The van der Waals surface area contributed by atoms with Crippen LogP contribution in [-0.4, -0.2) is 31.1 Å². The van der Waals surface area contributed by atoms with Crippen LogP contribution in [0, 0.1) is 5.92 Å². The fraction of sp³-hybridized carbons (Fsp3) is 0.600. The van der Waals surface area contributed by atoms with Crippen LogP contribution in [-0.2, 0) is 6.54 Å². The van der Waals surface area contributed by atoms with Gasteiger partial charge in [0.1, 0.15) is 0 Å². The molecular weight excluding hydrogens is 288 g/mol. The minimum absolute atomic E-state index is 0.572. The van der Waals surface area contributed by atoms with Crippen LogP contribution >= 0.6 is 15.9 Å². The van der Waals surface area contributed by atoms with Gasteiger partial charge in [-0.2, -0.15) is 0 Å². The number of halogens is 1. The van der Waals surface area contributed by atoms with Crippen LogP contribution in [0.2, 0.25) is 0 Å². The second kappa shape index (κ2) is 7.93. The van der Waals surface area contributed by atoms with Gasteiger partial charge in [0, 0.05) is 23.6 Å². The van der Waals surface area contributed by atoms with Gasteiger partial charge in [-0.05, 0) is 37.2 Å². The Kier molecular flexibility index (Phi) is 6.90. The first kappa shape index (κ1) is 15.7. The summed E-state index contributed by atoms with van der Waals surface area (Å²) in [5, 5.41) is 3.49. The zero-order valence-corrected chi connectivity index (χ0v) is 13.5. The quantitative estimate of drug-likeness (QED) is 0.828. The summed E-state index contributed by atoms with van der Waals surface area (Å²) < 4.78 is 1.16. The second-order valence-corrected chi connectivity index (χ2v) is 6.41. The van der Waals surface area contributed by atoms with E-state index >= 15 is 0 Å². The number of rotatable bonds is 7. The highest BCUT2D eigenvalue weighted by Gasteiger charge is 2.07. The molecule has 18 heavy (non-hydrogen) atoms. The van der Waals surface area contributed by atoms with E-state index in [4.69, 9.17) is 0 Å². The highest BCUT2D eigenvalue weighted by molar-refractivity contribution is 9.10. The third kappa shape index (κ3) is 6.53. The minimum atomic E-state index is 0.572. The number of benzene rings is 1. The van der Waals surface area contributed by atoms with Crippen molar-refractivity contribution in [2.45, 2.75) is 33.4 Å². The molecule has 0 radical (unpaired) electrons. The lowest BCUT2D eigenvalue weighted by Gasteiger charge is -2.22. The van der Waals surface area contributed by atoms with Crippen LogP contribution in [0.4, 0.5) is 0 Å². The average molecular weight is 313 g/mol. The third-order valence-electron chi connectivity index (χ3n) is 2.84. The topological polar surface area (TPSA) is 15.3 Å². The highest BCUT2D eigenvalue weighted by atomic mass is 79.9. The first-order chi connectivity index (χ1) is 8.47. The van der Waals surface area contributed by atoms with Gasteiger partial charge in [-0.25, -0.2) is 0 Å². The van der Waals surface area contributed by atoms with Crippen LogP contribution in [0.25, 0.3) is 0 Å². The molecule has 0 amide bonds. The SMILES string of the molecule is CC(CNC(C)C)CN(C)Cc1cccc(Br)c1. The van der Waals surface area contributed by atoms with E-state index in [9.17, 15) is 0 Å². The maximum atomic E-state index is 3.52. The first-order valence-electron chi connectivity index (χ1n) is 6.63. The molecule has 0 saturated carbocycles. The molecule has 0 heterocycles. The monoisotopic (exact) mass is 312 g/mol. The molecule has 0 aliphatic carbocycles. The van der Waals surface area contributed by atoms with Crippen molar-refractivity contribution in [1.29, 1.82) is 0 Å². The van der Waals surface area contributed by atoms with Crippen molar-refractivity contribution < 1.29 is 0 Å².